The van der Waals surface area contributed by atoms with Gasteiger partial charge in [-0.2, -0.15) is 13.2 Å². The molecule has 0 saturated heterocycles. The number of hydrogen-bond acceptors (Lipinski definition) is 5. The van der Waals surface area contributed by atoms with E-state index in [0.29, 0.717) is 22.5 Å². The van der Waals surface area contributed by atoms with Crippen LogP contribution in [0.15, 0.2) is 65.6 Å². The Morgan fingerprint density at radius 1 is 0.966 bits per heavy atom. The molecule has 1 aromatic carbocycles. The fourth-order valence-electron chi connectivity index (χ4n) is 2.91. The average molecular weight is 398 g/mol. The molecular formula is C20H13F3N4O2. The first-order valence-corrected chi connectivity index (χ1v) is 8.39. The van der Waals surface area contributed by atoms with Gasteiger partial charge in [0.1, 0.15) is 11.5 Å². The summed E-state index contributed by atoms with van der Waals surface area (Å²) in [5.41, 5.74) is 6.52. The van der Waals surface area contributed by atoms with Crippen LogP contribution in [0.5, 0.6) is 5.75 Å². The van der Waals surface area contributed by atoms with Crippen LogP contribution in [0.3, 0.4) is 0 Å². The van der Waals surface area contributed by atoms with Crippen LogP contribution in [0.2, 0.25) is 0 Å². The highest BCUT2D eigenvalue weighted by Gasteiger charge is 2.32. The highest BCUT2D eigenvalue weighted by molar-refractivity contribution is 5.78. The molecule has 4 rings (SSSR count). The molecule has 3 N–H and O–H groups in total. The number of anilines is 1. The number of halogens is 3. The van der Waals surface area contributed by atoms with Gasteiger partial charge in [-0.05, 0) is 36.4 Å². The van der Waals surface area contributed by atoms with Gasteiger partial charge in [0.05, 0.1) is 22.9 Å². The molecule has 0 spiro atoms. The second kappa shape index (κ2) is 6.62. The highest BCUT2D eigenvalue weighted by atomic mass is 19.4. The second-order valence-corrected chi connectivity index (χ2v) is 6.30. The molecule has 0 unspecified atom stereocenters. The number of benzene rings is 1. The van der Waals surface area contributed by atoms with E-state index in [4.69, 9.17) is 5.73 Å². The van der Waals surface area contributed by atoms with Gasteiger partial charge in [-0.3, -0.25) is 9.36 Å². The molecule has 0 amide bonds. The lowest BCUT2D eigenvalue weighted by atomic mass is 10.1. The van der Waals surface area contributed by atoms with E-state index in [1.165, 1.54) is 22.9 Å². The molecule has 0 bridgehead atoms. The number of pyridine rings is 3. The van der Waals surface area contributed by atoms with Crippen LogP contribution in [0.4, 0.5) is 19.0 Å². The van der Waals surface area contributed by atoms with Crippen LogP contribution in [0, 0.1) is 0 Å². The first-order chi connectivity index (χ1) is 13.7. The number of aromatic hydroxyl groups is 1. The Balaban J connectivity index is 1.78. The number of aromatic nitrogens is 3. The van der Waals surface area contributed by atoms with E-state index in [-0.39, 0.29) is 11.3 Å². The van der Waals surface area contributed by atoms with Crippen LogP contribution in [-0.4, -0.2) is 19.6 Å². The van der Waals surface area contributed by atoms with Crippen molar-refractivity contribution in [1.29, 1.82) is 0 Å². The molecule has 0 atom stereocenters. The predicted octanol–water partition coefficient (Wildman–Crippen LogP) is 3.75. The molecular weight excluding hydrogens is 385 g/mol. The van der Waals surface area contributed by atoms with Gasteiger partial charge in [0.15, 0.2) is 5.75 Å². The van der Waals surface area contributed by atoms with Gasteiger partial charge in [-0.1, -0.05) is 12.1 Å². The number of alkyl halides is 3. The average Bonchev–Trinajstić information content (AvgIpc) is 2.69. The van der Waals surface area contributed by atoms with E-state index in [1.54, 1.807) is 30.3 Å². The molecule has 9 heteroatoms. The first-order valence-electron chi connectivity index (χ1n) is 8.39. The molecule has 0 aliphatic carbocycles. The van der Waals surface area contributed by atoms with Crippen LogP contribution in [0.1, 0.15) is 5.69 Å². The monoisotopic (exact) mass is 398 g/mol. The third-order valence-corrected chi connectivity index (χ3v) is 4.31. The number of nitrogens with zero attached hydrogens (tertiary/aromatic N) is 3. The van der Waals surface area contributed by atoms with Crippen LogP contribution in [-0.2, 0) is 6.18 Å². The number of nitrogens with two attached hydrogens (primary N) is 1. The Hall–Kier alpha value is -3.88. The summed E-state index contributed by atoms with van der Waals surface area (Å²) in [5.74, 6) is -0.305. The fourth-order valence-corrected chi connectivity index (χ4v) is 2.91. The van der Waals surface area contributed by atoms with Crippen LogP contribution < -0.4 is 11.2 Å². The summed E-state index contributed by atoms with van der Waals surface area (Å²) < 4.78 is 39.9. The van der Waals surface area contributed by atoms with Crippen molar-refractivity contribution >= 4 is 16.9 Å². The molecule has 3 aromatic heterocycles. The quantitative estimate of drug-likeness (QED) is 0.536. The zero-order valence-corrected chi connectivity index (χ0v) is 14.7. The zero-order valence-electron chi connectivity index (χ0n) is 14.7. The van der Waals surface area contributed by atoms with E-state index in [9.17, 15) is 23.1 Å². The molecule has 0 aliphatic rings. The lowest BCUT2D eigenvalue weighted by Crippen LogP contribution is -2.10. The van der Waals surface area contributed by atoms with Crippen molar-refractivity contribution in [1.82, 2.24) is 14.5 Å². The Labute approximate surface area is 161 Å². The Morgan fingerprint density at radius 2 is 1.69 bits per heavy atom. The number of hydrogen-bond donors (Lipinski definition) is 2. The van der Waals surface area contributed by atoms with Gasteiger partial charge in [0.25, 0.3) is 0 Å². The Bertz CT molecular complexity index is 1300. The van der Waals surface area contributed by atoms with Crippen molar-refractivity contribution in [3.05, 3.63) is 76.7 Å². The van der Waals surface area contributed by atoms with Crippen molar-refractivity contribution in [2.45, 2.75) is 6.18 Å². The molecule has 3 heterocycles. The number of rotatable bonds is 2. The smallest absolute Gasteiger partial charge is 0.433 e. The maximum Gasteiger partial charge on any atom is 0.433 e. The summed E-state index contributed by atoms with van der Waals surface area (Å²) >= 11 is 0. The Kier molecular flexibility index (Phi) is 4.22. The summed E-state index contributed by atoms with van der Waals surface area (Å²) in [7, 11) is 0. The number of nitrogen functional groups attached to an aromatic ring is 1. The summed E-state index contributed by atoms with van der Waals surface area (Å²) in [5, 5.41) is 9.68. The molecule has 4 aromatic rings. The van der Waals surface area contributed by atoms with E-state index < -0.39 is 23.0 Å². The SMILES string of the molecule is Nc1cc(=O)c(O)cn1-c1cccc(-c2ccc3nc(C(F)(F)F)ccc3n2)c1. The minimum atomic E-state index is -4.52. The lowest BCUT2D eigenvalue weighted by molar-refractivity contribution is -0.140. The van der Waals surface area contributed by atoms with Crippen LogP contribution >= 0.6 is 0 Å². The van der Waals surface area contributed by atoms with Gasteiger partial charge in [-0.25, -0.2) is 9.97 Å². The molecule has 146 valence electrons. The largest absolute Gasteiger partial charge is 0.503 e. The van der Waals surface area contributed by atoms with Gasteiger partial charge in [-0.15, -0.1) is 0 Å². The van der Waals surface area contributed by atoms with E-state index >= 15 is 0 Å². The van der Waals surface area contributed by atoms with Gasteiger partial charge < -0.3 is 10.8 Å². The van der Waals surface area contributed by atoms with Crippen LogP contribution in [0.25, 0.3) is 28.0 Å². The molecule has 0 saturated carbocycles. The normalized spacial score (nSPS) is 11.7. The van der Waals surface area contributed by atoms with Crippen molar-refractivity contribution in [2.24, 2.45) is 0 Å². The topological polar surface area (TPSA) is 94.0 Å². The second-order valence-electron chi connectivity index (χ2n) is 6.30. The summed E-state index contributed by atoms with van der Waals surface area (Å²) in [6.07, 6.45) is -3.31. The lowest BCUT2D eigenvalue weighted by Gasteiger charge is -2.12. The standard InChI is InChI=1S/C20H13F3N4O2/c21-20(22,23)18-7-6-14-15(26-18)5-4-13(25-14)11-2-1-3-12(8-11)27-10-17(29)16(28)9-19(27)24/h1-10,29H,24H2. The van der Waals surface area contributed by atoms with Gasteiger partial charge in [0, 0.05) is 17.3 Å². The van der Waals surface area contributed by atoms with Gasteiger partial charge in [0.2, 0.25) is 5.43 Å². The molecule has 0 fully saturated rings. The van der Waals surface area contributed by atoms with Crippen molar-refractivity contribution in [2.75, 3.05) is 5.73 Å². The molecule has 0 aliphatic heterocycles. The van der Waals surface area contributed by atoms with Crippen molar-refractivity contribution < 1.29 is 18.3 Å². The maximum atomic E-state index is 12.8. The third kappa shape index (κ3) is 3.49. The summed E-state index contributed by atoms with van der Waals surface area (Å²) in [6.45, 7) is 0. The van der Waals surface area contributed by atoms with Crippen molar-refractivity contribution in [3.63, 3.8) is 0 Å². The third-order valence-electron chi connectivity index (χ3n) is 4.31. The van der Waals surface area contributed by atoms with Gasteiger partial charge >= 0.3 is 6.18 Å². The van der Waals surface area contributed by atoms with E-state index in [1.807, 2.05) is 0 Å². The number of fused-ring (bicyclic) bond motifs is 1. The first kappa shape index (κ1) is 18.5. The van der Waals surface area contributed by atoms with E-state index in [0.717, 1.165) is 12.1 Å². The predicted molar refractivity (Wildman–Crippen MR) is 102 cm³/mol. The molecule has 29 heavy (non-hydrogen) atoms. The molecule has 0 radical (unpaired) electrons. The minimum absolute atomic E-state index is 0.134. The highest BCUT2D eigenvalue weighted by Crippen LogP contribution is 2.30. The zero-order chi connectivity index (χ0) is 20.8. The van der Waals surface area contributed by atoms with Crippen molar-refractivity contribution in [3.8, 4) is 22.7 Å². The van der Waals surface area contributed by atoms with E-state index in [2.05, 4.69) is 9.97 Å². The fraction of sp³-hybridized carbons (Fsp3) is 0.0500. The summed E-state index contributed by atoms with van der Waals surface area (Å²) in [6, 6.07) is 13.3. The molecule has 6 nitrogen and oxygen atoms in total. The minimum Gasteiger partial charge on any atom is -0.503 e. The summed E-state index contributed by atoms with van der Waals surface area (Å²) in [4.78, 5) is 19.5. The Morgan fingerprint density at radius 3 is 2.45 bits per heavy atom. The maximum absolute atomic E-state index is 12.8.